The standard InChI is InChI=1S/C10H17N7O8S/c11-6-13-5-4(3-25-8(18)15-26(22,23)24)17(21)7(12)16-2-1-9(19,20)10(5,16)14-6/h4-5,19-20H,1-3,12H2,(H,15,18)(H3,11,13,14)(H,22,23,24). The van der Waals surface area contributed by atoms with Gasteiger partial charge in [0.05, 0.1) is 6.54 Å². The molecule has 1 spiro atoms. The highest BCUT2D eigenvalue weighted by molar-refractivity contribution is 7.84. The first-order chi connectivity index (χ1) is 11.9. The highest BCUT2D eigenvalue weighted by Gasteiger charge is 2.73. The fourth-order valence-electron chi connectivity index (χ4n) is 3.49. The van der Waals surface area contributed by atoms with Gasteiger partial charge < -0.3 is 31.2 Å². The molecule has 3 atom stereocenters. The zero-order chi connectivity index (χ0) is 19.5. The van der Waals surface area contributed by atoms with Crippen LogP contribution >= 0.6 is 0 Å². The van der Waals surface area contributed by atoms with E-state index in [1.165, 1.54) is 4.90 Å². The van der Waals surface area contributed by atoms with Crippen molar-refractivity contribution in [3.8, 4) is 0 Å². The van der Waals surface area contributed by atoms with Crippen molar-refractivity contribution in [1.82, 2.24) is 14.9 Å². The lowest BCUT2D eigenvalue weighted by Gasteiger charge is -2.47. The molecule has 3 aliphatic rings. The fraction of sp³-hybridized carbons (Fsp3) is 0.700. The minimum absolute atomic E-state index is 0.0146. The van der Waals surface area contributed by atoms with Gasteiger partial charge in [0.1, 0.15) is 12.6 Å². The normalized spacial score (nSPS) is 32.4. The molecule has 1 saturated heterocycles. The minimum Gasteiger partial charge on any atom is -0.744 e. The Morgan fingerprint density at radius 2 is 2.19 bits per heavy atom. The largest absolute Gasteiger partial charge is 0.744 e. The first-order valence-electron chi connectivity index (χ1n) is 7.23. The third kappa shape index (κ3) is 2.54. The van der Waals surface area contributed by atoms with Crippen molar-refractivity contribution in [3.05, 3.63) is 5.21 Å². The maximum atomic E-state index is 12.5. The third-order valence-corrected chi connectivity index (χ3v) is 4.94. The number of aliphatic imine (C=N–C) groups is 1. The van der Waals surface area contributed by atoms with Crippen LogP contribution in [-0.4, -0.2) is 87.5 Å². The van der Waals surface area contributed by atoms with E-state index < -0.39 is 52.5 Å². The molecule has 3 unspecified atom stereocenters. The van der Waals surface area contributed by atoms with Crippen molar-refractivity contribution in [2.45, 2.75) is 30.0 Å². The number of ether oxygens (including phenoxy) is 1. The number of hydrogen-bond donors (Lipinski definition) is 7. The van der Waals surface area contributed by atoms with Gasteiger partial charge in [0, 0.05) is 6.42 Å². The maximum absolute atomic E-state index is 12.5. The zero-order valence-corrected chi connectivity index (χ0v) is 13.9. The monoisotopic (exact) mass is 395 g/mol. The summed E-state index contributed by atoms with van der Waals surface area (Å²) >= 11 is 0. The summed E-state index contributed by atoms with van der Waals surface area (Å²) in [5.41, 5.74) is 9.68. The molecule has 0 aromatic heterocycles. The number of nitrogens with one attached hydrogen (secondary N) is 2. The number of carbonyl (C=O) groups excluding carboxylic acids is 1. The molecule has 0 aliphatic carbocycles. The molecule has 9 N–H and O–H groups in total. The molecular weight excluding hydrogens is 378 g/mol. The topological polar surface area (TPSA) is 239 Å². The van der Waals surface area contributed by atoms with Crippen LogP contribution in [0.2, 0.25) is 0 Å². The van der Waals surface area contributed by atoms with E-state index in [1.54, 1.807) is 0 Å². The Balaban J connectivity index is 1.92. The van der Waals surface area contributed by atoms with Crippen molar-refractivity contribution in [1.29, 1.82) is 0 Å². The molecule has 1 amide bonds. The molecule has 16 heteroatoms. The van der Waals surface area contributed by atoms with E-state index >= 15 is 0 Å². The fourth-order valence-corrected chi connectivity index (χ4v) is 3.76. The molecule has 0 radical (unpaired) electrons. The molecule has 26 heavy (non-hydrogen) atoms. The van der Waals surface area contributed by atoms with E-state index in [0.717, 1.165) is 4.72 Å². The minimum atomic E-state index is -4.86. The molecule has 0 aromatic carbocycles. The predicted molar refractivity (Wildman–Crippen MR) is 82.4 cm³/mol. The van der Waals surface area contributed by atoms with Crippen LogP contribution in [0, 0.1) is 5.21 Å². The lowest BCUT2D eigenvalue weighted by Crippen LogP contribution is -2.79. The van der Waals surface area contributed by atoms with E-state index in [4.69, 9.17) is 16.0 Å². The Labute approximate surface area is 146 Å². The average molecular weight is 395 g/mol. The number of amides is 1. The molecule has 3 aliphatic heterocycles. The van der Waals surface area contributed by atoms with E-state index in [1.807, 2.05) is 0 Å². The van der Waals surface area contributed by atoms with Crippen LogP contribution in [0.3, 0.4) is 0 Å². The van der Waals surface area contributed by atoms with Crippen LogP contribution in [0.15, 0.2) is 4.99 Å². The zero-order valence-electron chi connectivity index (χ0n) is 13.1. The molecule has 3 rings (SSSR count). The van der Waals surface area contributed by atoms with Gasteiger partial charge in [0.2, 0.25) is 11.4 Å². The van der Waals surface area contributed by atoms with Crippen molar-refractivity contribution < 1.29 is 37.5 Å². The van der Waals surface area contributed by atoms with Gasteiger partial charge in [0.15, 0.2) is 12.0 Å². The molecule has 146 valence electrons. The summed E-state index contributed by atoms with van der Waals surface area (Å²) < 4.78 is 35.7. The average Bonchev–Trinajstić information content (AvgIpc) is 2.96. The van der Waals surface area contributed by atoms with Crippen molar-refractivity contribution in [3.63, 3.8) is 0 Å². The molecule has 15 nitrogen and oxygen atoms in total. The van der Waals surface area contributed by atoms with Crippen molar-refractivity contribution >= 4 is 28.3 Å². The van der Waals surface area contributed by atoms with E-state index in [2.05, 4.69) is 15.0 Å². The van der Waals surface area contributed by atoms with E-state index in [-0.39, 0.29) is 23.7 Å². The van der Waals surface area contributed by atoms with Gasteiger partial charge in [-0.25, -0.2) is 14.7 Å². The quantitative estimate of drug-likeness (QED) is 0.103. The van der Waals surface area contributed by atoms with Crippen LogP contribution in [0.1, 0.15) is 6.42 Å². The first-order valence-corrected chi connectivity index (χ1v) is 8.68. The Morgan fingerprint density at radius 1 is 1.54 bits per heavy atom. The Bertz CT molecular complexity index is 810. The Kier molecular flexibility index (Phi) is 3.83. The lowest BCUT2D eigenvalue weighted by molar-refractivity contribution is -0.529. The van der Waals surface area contributed by atoms with Crippen LogP contribution < -0.4 is 21.5 Å². The van der Waals surface area contributed by atoms with Crippen LogP contribution in [0.25, 0.3) is 0 Å². The number of guanidine groups is 2. The summed E-state index contributed by atoms with van der Waals surface area (Å²) in [6, 6.07) is -2.58. The first kappa shape index (κ1) is 18.2. The lowest BCUT2D eigenvalue weighted by atomic mass is 9.86. The molecular formula is C10H17N7O8S. The number of hydrogen-bond acceptors (Lipinski definition) is 12. The van der Waals surface area contributed by atoms with Gasteiger partial charge in [-0.2, -0.15) is 13.1 Å². The second kappa shape index (κ2) is 5.47. The van der Waals surface area contributed by atoms with Gasteiger partial charge in [-0.15, -0.1) is 0 Å². The third-order valence-electron chi connectivity index (χ3n) is 4.51. The highest BCUT2D eigenvalue weighted by Crippen LogP contribution is 2.44. The summed E-state index contributed by atoms with van der Waals surface area (Å²) in [6.45, 7) is -0.721. The number of nitrogens with two attached hydrogens (primary N) is 2. The van der Waals surface area contributed by atoms with Crippen LogP contribution in [0.5, 0.6) is 0 Å². The molecule has 0 aromatic rings. The van der Waals surface area contributed by atoms with Gasteiger partial charge in [-0.1, -0.05) is 0 Å². The number of carbonyl (C=O) groups is 1. The van der Waals surface area contributed by atoms with Crippen molar-refractivity contribution in [2.75, 3.05) is 13.2 Å². The number of rotatable bonds is 3. The van der Waals surface area contributed by atoms with Crippen LogP contribution in [0.4, 0.5) is 4.79 Å². The summed E-state index contributed by atoms with van der Waals surface area (Å²) in [5.74, 6) is -2.96. The molecule has 3 heterocycles. The molecule has 0 saturated carbocycles. The van der Waals surface area contributed by atoms with Gasteiger partial charge in [-0.3, -0.25) is 15.0 Å². The van der Waals surface area contributed by atoms with Gasteiger partial charge >= 0.3 is 22.4 Å². The summed E-state index contributed by atoms with van der Waals surface area (Å²) in [4.78, 5) is 16.6. The number of nitrogens with zero attached hydrogens (tertiary/aromatic N) is 3. The predicted octanol–water partition coefficient (Wildman–Crippen LogP) is -4.91. The smallest absolute Gasteiger partial charge is 0.422 e. The number of hydroxylamine groups is 1. The van der Waals surface area contributed by atoms with Gasteiger partial charge in [-0.05, 0) is 0 Å². The second-order valence-corrected chi connectivity index (χ2v) is 7.15. The van der Waals surface area contributed by atoms with Crippen LogP contribution in [-0.2, 0) is 15.0 Å². The summed E-state index contributed by atoms with van der Waals surface area (Å²) in [7, 11) is -4.86. The Morgan fingerprint density at radius 3 is 2.81 bits per heavy atom. The SMILES string of the molecule is NC1=NC2C(COC(=O)NS(=O)(=O)O)[N+]([O-])=C(N)N3CCC(O)(O)C23N1. The summed E-state index contributed by atoms with van der Waals surface area (Å²) in [6.07, 6.45) is -1.73. The van der Waals surface area contributed by atoms with E-state index in [0.29, 0.717) is 0 Å². The Hall–Kier alpha value is -2.56. The second-order valence-electron chi connectivity index (χ2n) is 6.00. The number of aliphatic hydroxyl groups is 2. The molecule has 1 fully saturated rings. The van der Waals surface area contributed by atoms with Crippen molar-refractivity contribution in [2.24, 2.45) is 16.5 Å². The highest BCUT2D eigenvalue weighted by atomic mass is 32.2. The molecule has 0 bridgehead atoms. The van der Waals surface area contributed by atoms with Gasteiger partial charge in [0.25, 0.3) is 0 Å². The van der Waals surface area contributed by atoms with E-state index in [9.17, 15) is 28.6 Å². The maximum Gasteiger partial charge on any atom is 0.422 e. The summed E-state index contributed by atoms with van der Waals surface area (Å²) in [5, 5.41) is 35.9.